The van der Waals surface area contributed by atoms with Gasteiger partial charge < -0.3 is 14.2 Å². The zero-order valence-corrected chi connectivity index (χ0v) is 15.6. The number of nitrogens with zero attached hydrogens (tertiary/aromatic N) is 4. The van der Waals surface area contributed by atoms with Gasteiger partial charge >= 0.3 is 5.97 Å². The molecule has 1 aliphatic carbocycles. The van der Waals surface area contributed by atoms with E-state index in [1.807, 2.05) is 29.4 Å². The van der Waals surface area contributed by atoms with Crippen LogP contribution in [0.3, 0.4) is 0 Å². The van der Waals surface area contributed by atoms with Crippen LogP contribution in [0.2, 0.25) is 0 Å². The maximum atomic E-state index is 13.4. The van der Waals surface area contributed by atoms with Crippen molar-refractivity contribution >= 4 is 11.8 Å². The second kappa shape index (κ2) is 6.28. The Morgan fingerprint density at radius 2 is 2.04 bits per heavy atom. The van der Waals surface area contributed by atoms with Gasteiger partial charge in [0.1, 0.15) is 5.82 Å². The molecule has 1 saturated heterocycles. The van der Waals surface area contributed by atoms with Crippen molar-refractivity contribution < 1.29 is 18.3 Å². The summed E-state index contributed by atoms with van der Waals surface area (Å²) in [6.07, 6.45) is 3.25. The summed E-state index contributed by atoms with van der Waals surface area (Å²) >= 11 is 0. The molecule has 3 heterocycles. The van der Waals surface area contributed by atoms with Crippen molar-refractivity contribution in [3.05, 3.63) is 41.1 Å². The van der Waals surface area contributed by atoms with E-state index in [4.69, 9.17) is 4.74 Å². The van der Waals surface area contributed by atoms with Crippen LogP contribution in [-0.2, 0) is 11.3 Å². The van der Waals surface area contributed by atoms with E-state index in [0.717, 1.165) is 22.6 Å². The lowest BCUT2D eigenvalue weighted by Gasteiger charge is -2.23. The number of rotatable bonds is 5. The molecular weight excluding hydrogens is 354 g/mol. The number of anilines is 1. The minimum Gasteiger partial charge on any atom is -0.461 e. The summed E-state index contributed by atoms with van der Waals surface area (Å²) < 4.78 is 33.6. The van der Waals surface area contributed by atoms with Crippen LogP contribution in [0.5, 0.6) is 0 Å². The Balaban J connectivity index is 1.49. The third-order valence-corrected chi connectivity index (χ3v) is 5.52. The molecule has 1 aliphatic heterocycles. The molecule has 0 spiro atoms. The fourth-order valence-electron chi connectivity index (χ4n) is 3.87. The molecule has 0 bridgehead atoms. The Morgan fingerprint density at radius 1 is 1.33 bits per heavy atom. The van der Waals surface area contributed by atoms with Crippen LogP contribution in [0.15, 0.2) is 18.6 Å². The van der Waals surface area contributed by atoms with Gasteiger partial charge in [-0.15, -0.1) is 0 Å². The maximum absolute atomic E-state index is 13.4. The minimum atomic E-state index is -2.49. The number of aromatic nitrogens is 3. The van der Waals surface area contributed by atoms with E-state index in [-0.39, 0.29) is 5.69 Å². The van der Waals surface area contributed by atoms with E-state index in [2.05, 4.69) is 9.97 Å². The molecule has 8 heteroatoms. The molecule has 2 atom stereocenters. The van der Waals surface area contributed by atoms with Gasteiger partial charge in [0.05, 0.1) is 31.3 Å². The third kappa shape index (κ3) is 3.07. The van der Waals surface area contributed by atoms with E-state index < -0.39 is 23.7 Å². The summed E-state index contributed by atoms with van der Waals surface area (Å²) in [5.41, 5.74) is 3.19. The summed E-state index contributed by atoms with van der Waals surface area (Å²) in [5.74, 6) is -3.21. The fraction of sp³-hybridized carbons (Fsp3) is 0.526. The van der Waals surface area contributed by atoms with Crippen LogP contribution in [0.1, 0.15) is 34.2 Å². The van der Waals surface area contributed by atoms with E-state index >= 15 is 0 Å². The van der Waals surface area contributed by atoms with E-state index in [1.165, 1.54) is 0 Å². The maximum Gasteiger partial charge on any atom is 0.358 e. The number of carbonyl (C=O) groups is 1. The van der Waals surface area contributed by atoms with Crippen LogP contribution in [-0.4, -0.2) is 46.1 Å². The van der Waals surface area contributed by atoms with Gasteiger partial charge in [-0.05, 0) is 38.0 Å². The molecule has 4 rings (SSSR count). The zero-order valence-electron chi connectivity index (χ0n) is 15.6. The number of carbonyl (C=O) groups excluding carboxylic acids is 1. The highest BCUT2D eigenvalue weighted by molar-refractivity contribution is 5.86. The van der Waals surface area contributed by atoms with Gasteiger partial charge in [-0.3, -0.25) is 0 Å². The zero-order chi connectivity index (χ0) is 19.3. The largest absolute Gasteiger partial charge is 0.461 e. The Kier molecular flexibility index (Phi) is 4.16. The van der Waals surface area contributed by atoms with E-state index in [0.29, 0.717) is 26.2 Å². The molecule has 2 aliphatic rings. The number of piperidine rings is 1. The van der Waals surface area contributed by atoms with Crippen molar-refractivity contribution in [1.29, 1.82) is 0 Å². The number of pyridine rings is 1. The van der Waals surface area contributed by atoms with Crippen LogP contribution in [0.25, 0.3) is 0 Å². The smallest absolute Gasteiger partial charge is 0.358 e. The number of halogens is 2. The summed E-state index contributed by atoms with van der Waals surface area (Å²) in [7, 11) is 0. The molecule has 0 aromatic carbocycles. The first-order valence-corrected chi connectivity index (χ1v) is 9.10. The second-order valence-corrected chi connectivity index (χ2v) is 7.31. The SMILES string of the molecule is CCOC(=O)c1cn(Cc2c(C)cc(N3CC4C(C3)C4(F)F)nc2C)cn1. The number of alkyl halides is 2. The first-order valence-electron chi connectivity index (χ1n) is 9.10. The predicted molar refractivity (Wildman–Crippen MR) is 95.1 cm³/mol. The van der Waals surface area contributed by atoms with Crippen LogP contribution in [0, 0.1) is 25.7 Å². The normalized spacial score (nSPS) is 22.6. The highest BCUT2D eigenvalue weighted by Crippen LogP contribution is 2.59. The molecule has 0 N–H and O–H groups in total. The minimum absolute atomic E-state index is 0.272. The van der Waals surface area contributed by atoms with Crippen LogP contribution < -0.4 is 4.90 Å². The molecule has 6 nitrogen and oxygen atoms in total. The average Bonchev–Trinajstić information content (AvgIpc) is 3.07. The first-order chi connectivity index (χ1) is 12.8. The van der Waals surface area contributed by atoms with E-state index in [9.17, 15) is 13.6 Å². The van der Waals surface area contributed by atoms with Crippen molar-refractivity contribution in [3.63, 3.8) is 0 Å². The third-order valence-electron chi connectivity index (χ3n) is 5.52. The van der Waals surface area contributed by atoms with Gasteiger partial charge in [0.2, 0.25) is 0 Å². The van der Waals surface area contributed by atoms with Crippen molar-refractivity contribution in [3.8, 4) is 0 Å². The van der Waals surface area contributed by atoms with Gasteiger partial charge in [-0.1, -0.05) is 0 Å². The van der Waals surface area contributed by atoms with Gasteiger partial charge in [0.15, 0.2) is 5.69 Å². The summed E-state index contributed by atoms with van der Waals surface area (Å²) in [6.45, 7) is 7.23. The topological polar surface area (TPSA) is 60.2 Å². The van der Waals surface area contributed by atoms with Crippen molar-refractivity contribution in [2.75, 3.05) is 24.6 Å². The summed E-state index contributed by atoms with van der Waals surface area (Å²) in [4.78, 5) is 22.4. The number of hydrogen-bond donors (Lipinski definition) is 0. The van der Waals surface area contributed by atoms with Crippen molar-refractivity contribution in [2.45, 2.75) is 33.2 Å². The van der Waals surface area contributed by atoms with E-state index in [1.54, 1.807) is 19.4 Å². The highest BCUT2D eigenvalue weighted by Gasteiger charge is 2.71. The van der Waals surface area contributed by atoms with Gasteiger partial charge in [0.25, 0.3) is 5.92 Å². The number of fused-ring (bicyclic) bond motifs is 1. The Labute approximate surface area is 156 Å². The lowest BCUT2D eigenvalue weighted by Crippen LogP contribution is -2.28. The average molecular weight is 376 g/mol. The van der Waals surface area contributed by atoms with Gasteiger partial charge in [-0.2, -0.15) is 0 Å². The predicted octanol–water partition coefficient (Wildman–Crippen LogP) is 2.82. The molecule has 0 radical (unpaired) electrons. The summed E-state index contributed by atoms with van der Waals surface area (Å²) in [5, 5.41) is 0. The molecule has 0 amide bonds. The molecule has 144 valence electrons. The second-order valence-electron chi connectivity index (χ2n) is 7.31. The molecule has 2 aromatic rings. The summed E-state index contributed by atoms with van der Waals surface area (Å²) in [6, 6.07) is 1.95. The van der Waals surface area contributed by atoms with Gasteiger partial charge in [-0.25, -0.2) is 23.5 Å². The van der Waals surface area contributed by atoms with Crippen LogP contribution in [0.4, 0.5) is 14.6 Å². The first kappa shape index (κ1) is 17.9. The molecular formula is C19H22F2N4O2. The van der Waals surface area contributed by atoms with Gasteiger partial charge in [0, 0.05) is 25.0 Å². The lowest BCUT2D eigenvalue weighted by atomic mass is 10.1. The quantitative estimate of drug-likeness (QED) is 0.751. The standard InChI is InChI=1S/C19H22F2N4O2/c1-4-27-18(26)16-9-24(10-22-16)6-13-11(2)5-17(23-12(13)3)25-7-14-15(8-25)19(14,20)21/h5,9-10,14-15H,4,6-8H2,1-3H3. The fourth-order valence-corrected chi connectivity index (χ4v) is 3.87. The monoisotopic (exact) mass is 376 g/mol. The Hall–Kier alpha value is -2.51. The molecule has 2 unspecified atom stereocenters. The molecule has 2 aromatic heterocycles. The Morgan fingerprint density at radius 3 is 2.67 bits per heavy atom. The molecule has 2 fully saturated rings. The lowest BCUT2D eigenvalue weighted by molar-refractivity contribution is 0.0520. The Bertz CT molecular complexity index is 859. The van der Waals surface area contributed by atoms with Crippen molar-refractivity contribution in [2.24, 2.45) is 11.8 Å². The number of hydrogen-bond acceptors (Lipinski definition) is 5. The highest BCUT2D eigenvalue weighted by atomic mass is 19.3. The number of esters is 1. The number of imidazole rings is 1. The molecule has 27 heavy (non-hydrogen) atoms. The molecule has 1 saturated carbocycles. The number of ether oxygens (including phenoxy) is 1. The number of aryl methyl sites for hydroxylation is 2. The van der Waals surface area contributed by atoms with Crippen molar-refractivity contribution in [1.82, 2.24) is 14.5 Å². The van der Waals surface area contributed by atoms with Crippen LogP contribution >= 0.6 is 0 Å².